The van der Waals surface area contributed by atoms with E-state index in [1.807, 2.05) is 11.9 Å². The van der Waals surface area contributed by atoms with Crippen molar-refractivity contribution in [1.82, 2.24) is 10.2 Å². The zero-order chi connectivity index (χ0) is 11.9. The van der Waals surface area contributed by atoms with E-state index in [-0.39, 0.29) is 11.5 Å². The third-order valence-electron chi connectivity index (χ3n) is 2.27. The Labute approximate surface area is 94.0 Å². The molecule has 0 aromatic carbocycles. The van der Waals surface area contributed by atoms with Crippen molar-refractivity contribution < 1.29 is 8.42 Å². The molecule has 0 amide bonds. The Morgan fingerprint density at radius 2 is 1.87 bits per heavy atom. The highest BCUT2D eigenvalue weighted by atomic mass is 32.2. The van der Waals surface area contributed by atoms with Gasteiger partial charge >= 0.3 is 0 Å². The van der Waals surface area contributed by atoms with Crippen LogP contribution in [-0.4, -0.2) is 57.5 Å². The molecule has 0 heterocycles. The smallest absolute Gasteiger partial charge is 0.151 e. The summed E-state index contributed by atoms with van der Waals surface area (Å²) < 4.78 is 22.5. The van der Waals surface area contributed by atoms with E-state index in [1.165, 1.54) is 0 Å². The van der Waals surface area contributed by atoms with E-state index in [0.29, 0.717) is 12.6 Å². The average molecular weight is 236 g/mol. The molecule has 1 N–H and O–H groups in total. The summed E-state index contributed by atoms with van der Waals surface area (Å²) >= 11 is 0. The van der Waals surface area contributed by atoms with E-state index in [1.54, 1.807) is 6.92 Å². The second-order valence-electron chi connectivity index (χ2n) is 4.15. The van der Waals surface area contributed by atoms with Gasteiger partial charge in [-0.3, -0.25) is 0 Å². The molecule has 0 rings (SSSR count). The summed E-state index contributed by atoms with van der Waals surface area (Å²) in [7, 11) is -0.866. The molecule has 0 aliphatic carbocycles. The van der Waals surface area contributed by atoms with E-state index >= 15 is 0 Å². The third kappa shape index (κ3) is 8.84. The van der Waals surface area contributed by atoms with Crippen LogP contribution in [0.15, 0.2) is 0 Å². The number of hydrogen-bond donors (Lipinski definition) is 1. The maximum absolute atomic E-state index is 11.2. The fourth-order valence-electron chi connectivity index (χ4n) is 1.10. The van der Waals surface area contributed by atoms with Crippen LogP contribution < -0.4 is 5.32 Å². The van der Waals surface area contributed by atoms with Crippen LogP contribution in [0.1, 0.15) is 20.8 Å². The predicted molar refractivity (Wildman–Crippen MR) is 65.0 cm³/mol. The lowest BCUT2D eigenvalue weighted by molar-refractivity contribution is 0.344. The minimum absolute atomic E-state index is 0.241. The van der Waals surface area contributed by atoms with Gasteiger partial charge in [0.2, 0.25) is 0 Å². The van der Waals surface area contributed by atoms with Gasteiger partial charge in [-0.15, -0.1) is 0 Å². The minimum atomic E-state index is -2.82. The van der Waals surface area contributed by atoms with Gasteiger partial charge in [0.15, 0.2) is 9.84 Å². The topological polar surface area (TPSA) is 49.4 Å². The van der Waals surface area contributed by atoms with Gasteiger partial charge < -0.3 is 10.2 Å². The van der Waals surface area contributed by atoms with Crippen molar-refractivity contribution in [1.29, 1.82) is 0 Å². The summed E-state index contributed by atoms with van der Waals surface area (Å²) in [6.45, 7) is 8.30. The highest BCUT2D eigenvalue weighted by molar-refractivity contribution is 7.91. The summed E-state index contributed by atoms with van der Waals surface area (Å²) in [5.74, 6) is 0.507. The second kappa shape index (κ2) is 7.19. The second-order valence-corrected chi connectivity index (χ2v) is 6.62. The molecule has 0 saturated carbocycles. The van der Waals surface area contributed by atoms with Crippen LogP contribution in [0.5, 0.6) is 0 Å². The first kappa shape index (κ1) is 14.9. The Bertz CT molecular complexity index is 250. The first-order chi connectivity index (χ1) is 6.87. The molecule has 0 aromatic rings. The highest BCUT2D eigenvalue weighted by Crippen LogP contribution is 1.91. The molecule has 92 valence electrons. The lowest BCUT2D eigenvalue weighted by Gasteiger charge is -2.17. The first-order valence-corrected chi connectivity index (χ1v) is 7.32. The lowest BCUT2D eigenvalue weighted by Crippen LogP contribution is -2.35. The Kier molecular flexibility index (Phi) is 7.13. The van der Waals surface area contributed by atoms with E-state index < -0.39 is 9.84 Å². The monoisotopic (exact) mass is 236 g/mol. The molecule has 0 unspecified atom stereocenters. The molecule has 0 aliphatic rings. The van der Waals surface area contributed by atoms with Crippen LogP contribution >= 0.6 is 0 Å². The van der Waals surface area contributed by atoms with E-state index in [2.05, 4.69) is 19.2 Å². The first-order valence-electron chi connectivity index (χ1n) is 5.49. The van der Waals surface area contributed by atoms with Crippen molar-refractivity contribution in [2.45, 2.75) is 26.8 Å². The van der Waals surface area contributed by atoms with Gasteiger partial charge in [0.25, 0.3) is 0 Å². The molecule has 4 nitrogen and oxygen atoms in total. The fraction of sp³-hybridized carbons (Fsp3) is 1.00. The summed E-state index contributed by atoms with van der Waals surface area (Å²) in [4.78, 5) is 2.04. The van der Waals surface area contributed by atoms with Crippen LogP contribution in [0.4, 0.5) is 0 Å². The van der Waals surface area contributed by atoms with Gasteiger partial charge in [0.1, 0.15) is 0 Å². The predicted octanol–water partition coefficient (Wildman–Crippen LogP) is 0.351. The van der Waals surface area contributed by atoms with Crippen molar-refractivity contribution in [2.24, 2.45) is 0 Å². The van der Waals surface area contributed by atoms with Crippen LogP contribution in [0.3, 0.4) is 0 Å². The fourth-order valence-corrected chi connectivity index (χ4v) is 1.97. The lowest BCUT2D eigenvalue weighted by atomic mass is 10.4. The maximum Gasteiger partial charge on any atom is 0.151 e. The van der Waals surface area contributed by atoms with Crippen molar-refractivity contribution in [3.05, 3.63) is 0 Å². The minimum Gasteiger partial charge on any atom is -0.313 e. The van der Waals surface area contributed by atoms with Gasteiger partial charge in [-0.2, -0.15) is 0 Å². The van der Waals surface area contributed by atoms with Gasteiger partial charge in [-0.05, 0) is 7.05 Å². The number of sulfone groups is 1. The number of rotatable bonds is 8. The van der Waals surface area contributed by atoms with E-state index in [4.69, 9.17) is 0 Å². The molecule has 5 heteroatoms. The zero-order valence-corrected chi connectivity index (χ0v) is 11.1. The van der Waals surface area contributed by atoms with Crippen LogP contribution in [-0.2, 0) is 9.84 Å². The Balaban J connectivity index is 3.62. The normalized spacial score (nSPS) is 12.7. The third-order valence-corrected chi connectivity index (χ3v) is 3.95. The molecule has 15 heavy (non-hydrogen) atoms. The SMILES string of the molecule is CCS(=O)(=O)CCN(C)CCNC(C)C. The van der Waals surface area contributed by atoms with Crippen LogP contribution in [0.2, 0.25) is 0 Å². The average Bonchev–Trinajstić information content (AvgIpc) is 2.14. The molecule has 0 saturated heterocycles. The molecule has 0 aromatic heterocycles. The van der Waals surface area contributed by atoms with Gasteiger partial charge in [0.05, 0.1) is 5.75 Å². The van der Waals surface area contributed by atoms with Crippen molar-refractivity contribution in [2.75, 3.05) is 38.2 Å². The summed E-state index contributed by atoms with van der Waals surface area (Å²) in [5.41, 5.74) is 0. The summed E-state index contributed by atoms with van der Waals surface area (Å²) in [5, 5.41) is 3.30. The largest absolute Gasteiger partial charge is 0.313 e. The van der Waals surface area contributed by atoms with E-state index in [0.717, 1.165) is 13.1 Å². The number of hydrogen-bond acceptors (Lipinski definition) is 4. The number of nitrogens with one attached hydrogen (secondary N) is 1. The van der Waals surface area contributed by atoms with Gasteiger partial charge in [0, 0.05) is 31.4 Å². The molecule has 0 bridgehead atoms. The van der Waals surface area contributed by atoms with Crippen molar-refractivity contribution in [3.63, 3.8) is 0 Å². The summed E-state index contributed by atoms with van der Waals surface area (Å²) in [6.07, 6.45) is 0. The highest BCUT2D eigenvalue weighted by Gasteiger charge is 2.08. The quantitative estimate of drug-likeness (QED) is 0.661. The van der Waals surface area contributed by atoms with Crippen LogP contribution in [0.25, 0.3) is 0 Å². The van der Waals surface area contributed by atoms with E-state index in [9.17, 15) is 8.42 Å². The van der Waals surface area contributed by atoms with Crippen molar-refractivity contribution >= 4 is 9.84 Å². The Morgan fingerprint density at radius 1 is 1.27 bits per heavy atom. The van der Waals surface area contributed by atoms with Gasteiger partial charge in [-0.25, -0.2) is 8.42 Å². The van der Waals surface area contributed by atoms with Gasteiger partial charge in [-0.1, -0.05) is 20.8 Å². The standard InChI is InChI=1S/C10H24N2O2S/c1-5-15(13,14)9-8-12(4)7-6-11-10(2)3/h10-11H,5-9H2,1-4H3. The molecule has 0 aliphatic heterocycles. The Hall–Kier alpha value is -0.130. The maximum atomic E-state index is 11.2. The molecule has 0 spiro atoms. The Morgan fingerprint density at radius 3 is 2.33 bits per heavy atom. The zero-order valence-electron chi connectivity index (χ0n) is 10.3. The summed E-state index contributed by atoms with van der Waals surface area (Å²) in [6, 6.07) is 0.484. The molecular weight excluding hydrogens is 212 g/mol. The van der Waals surface area contributed by atoms with Crippen molar-refractivity contribution in [3.8, 4) is 0 Å². The molecule has 0 fully saturated rings. The van der Waals surface area contributed by atoms with Crippen LogP contribution in [0, 0.1) is 0 Å². The molecule has 0 radical (unpaired) electrons. The number of nitrogens with zero attached hydrogens (tertiary/aromatic N) is 1. The molecular formula is C10H24N2O2S. The molecule has 0 atom stereocenters. The number of likely N-dealkylation sites (N-methyl/N-ethyl adjacent to an activating group) is 1.